The monoisotopic (exact) mass is 241 g/mol. The average molecular weight is 241 g/mol. The van der Waals surface area contributed by atoms with Gasteiger partial charge in [-0.05, 0) is 30.6 Å². The normalized spacial score (nSPS) is 29.9. The predicted octanol–water partition coefficient (Wildman–Crippen LogP) is 2.85. The second-order valence-electron chi connectivity index (χ2n) is 6.18. The Balaban J connectivity index is 2.68. The molecule has 3 heteroatoms. The lowest BCUT2D eigenvalue weighted by molar-refractivity contribution is -0.139. The highest BCUT2D eigenvalue weighted by Gasteiger charge is 2.31. The Morgan fingerprint density at radius 2 is 2.00 bits per heavy atom. The molecule has 0 aromatic heterocycles. The van der Waals surface area contributed by atoms with Gasteiger partial charge in [0.05, 0.1) is 6.54 Å². The fourth-order valence-electron chi connectivity index (χ4n) is 2.97. The van der Waals surface area contributed by atoms with Crippen LogP contribution in [0.15, 0.2) is 0 Å². The lowest BCUT2D eigenvalue weighted by atomic mass is 9.79. The maximum Gasteiger partial charge on any atom is 0.317 e. The first-order valence-corrected chi connectivity index (χ1v) is 6.86. The number of hydrogen-bond acceptors (Lipinski definition) is 2. The van der Waals surface area contributed by atoms with Crippen molar-refractivity contribution in [3.63, 3.8) is 0 Å². The van der Waals surface area contributed by atoms with Crippen molar-refractivity contribution in [2.45, 2.75) is 53.0 Å². The molecule has 0 saturated heterocycles. The van der Waals surface area contributed by atoms with E-state index in [2.05, 4.69) is 32.6 Å². The standard InChI is InChI=1S/C14H27NO2/c1-10(2)8-15(9-14(16)17)13-7-11(3)5-6-12(13)4/h10-13H,5-9H2,1-4H3,(H,16,17). The number of hydrogen-bond donors (Lipinski definition) is 1. The zero-order valence-electron chi connectivity index (χ0n) is 11.6. The maximum atomic E-state index is 11.0. The van der Waals surface area contributed by atoms with Gasteiger partial charge in [-0.1, -0.05) is 34.1 Å². The Bertz CT molecular complexity index is 253. The molecular formula is C14H27NO2. The van der Waals surface area contributed by atoms with Gasteiger partial charge in [0.15, 0.2) is 0 Å². The van der Waals surface area contributed by atoms with Crippen LogP contribution < -0.4 is 0 Å². The van der Waals surface area contributed by atoms with Gasteiger partial charge in [-0.15, -0.1) is 0 Å². The van der Waals surface area contributed by atoms with Crippen LogP contribution in [0.4, 0.5) is 0 Å². The van der Waals surface area contributed by atoms with Crippen LogP contribution in [0.25, 0.3) is 0 Å². The molecule has 0 aliphatic heterocycles. The van der Waals surface area contributed by atoms with E-state index < -0.39 is 5.97 Å². The molecule has 1 aliphatic carbocycles. The van der Waals surface area contributed by atoms with Gasteiger partial charge in [-0.3, -0.25) is 9.69 Å². The van der Waals surface area contributed by atoms with Crippen molar-refractivity contribution in [1.82, 2.24) is 4.90 Å². The molecule has 1 saturated carbocycles. The Labute approximate surface area is 105 Å². The first-order chi connectivity index (χ1) is 7.90. The zero-order valence-corrected chi connectivity index (χ0v) is 11.6. The lowest BCUT2D eigenvalue weighted by Gasteiger charge is -2.40. The third-order valence-electron chi connectivity index (χ3n) is 3.82. The van der Waals surface area contributed by atoms with E-state index in [1.807, 2.05) is 0 Å². The van der Waals surface area contributed by atoms with Crippen LogP contribution in [0.2, 0.25) is 0 Å². The summed E-state index contributed by atoms with van der Waals surface area (Å²) in [5.74, 6) is 1.19. The molecule has 17 heavy (non-hydrogen) atoms. The minimum Gasteiger partial charge on any atom is -0.480 e. The van der Waals surface area contributed by atoms with E-state index >= 15 is 0 Å². The van der Waals surface area contributed by atoms with E-state index in [4.69, 9.17) is 5.11 Å². The largest absolute Gasteiger partial charge is 0.480 e. The molecule has 0 amide bonds. The van der Waals surface area contributed by atoms with Crippen molar-refractivity contribution in [3.8, 4) is 0 Å². The van der Waals surface area contributed by atoms with Crippen molar-refractivity contribution in [3.05, 3.63) is 0 Å². The average Bonchev–Trinajstić information content (AvgIpc) is 2.19. The van der Waals surface area contributed by atoms with Crippen LogP contribution in [-0.4, -0.2) is 35.1 Å². The van der Waals surface area contributed by atoms with Crippen LogP contribution in [0, 0.1) is 17.8 Å². The SMILES string of the molecule is CC(C)CN(CC(=O)O)C1CC(C)CCC1C. The number of carboxylic acid groups (broad SMARTS) is 1. The van der Waals surface area contributed by atoms with Crippen LogP contribution in [0.5, 0.6) is 0 Å². The molecule has 3 unspecified atom stereocenters. The molecule has 0 bridgehead atoms. The van der Waals surface area contributed by atoms with Crippen molar-refractivity contribution >= 4 is 5.97 Å². The predicted molar refractivity (Wildman–Crippen MR) is 70.0 cm³/mol. The smallest absolute Gasteiger partial charge is 0.317 e. The fourth-order valence-corrected chi connectivity index (χ4v) is 2.97. The molecule has 0 radical (unpaired) electrons. The van der Waals surface area contributed by atoms with Gasteiger partial charge in [0.2, 0.25) is 0 Å². The molecule has 1 rings (SSSR count). The molecule has 3 atom stereocenters. The number of nitrogens with zero attached hydrogens (tertiary/aromatic N) is 1. The summed E-state index contributed by atoms with van der Waals surface area (Å²) in [7, 11) is 0. The number of carboxylic acids is 1. The van der Waals surface area contributed by atoms with Gasteiger partial charge < -0.3 is 5.11 Å². The zero-order chi connectivity index (χ0) is 13.0. The summed E-state index contributed by atoms with van der Waals surface area (Å²) < 4.78 is 0. The second-order valence-corrected chi connectivity index (χ2v) is 6.18. The highest BCUT2D eigenvalue weighted by Crippen LogP contribution is 2.32. The third kappa shape index (κ3) is 4.66. The van der Waals surface area contributed by atoms with Crippen molar-refractivity contribution < 1.29 is 9.90 Å². The quantitative estimate of drug-likeness (QED) is 0.804. The van der Waals surface area contributed by atoms with Crippen molar-refractivity contribution in [2.75, 3.05) is 13.1 Å². The molecule has 0 spiro atoms. The number of aliphatic carboxylic acids is 1. The maximum absolute atomic E-state index is 11.0. The van der Waals surface area contributed by atoms with Gasteiger partial charge in [-0.25, -0.2) is 0 Å². The second kappa shape index (κ2) is 6.39. The Morgan fingerprint density at radius 3 is 2.53 bits per heavy atom. The summed E-state index contributed by atoms with van der Waals surface area (Å²) in [5.41, 5.74) is 0. The molecular weight excluding hydrogens is 214 g/mol. The molecule has 3 nitrogen and oxygen atoms in total. The van der Waals surface area contributed by atoms with E-state index in [0.717, 1.165) is 18.9 Å². The van der Waals surface area contributed by atoms with Gasteiger partial charge in [0, 0.05) is 12.6 Å². The summed E-state index contributed by atoms with van der Waals surface area (Å²) >= 11 is 0. The minimum absolute atomic E-state index is 0.194. The first kappa shape index (κ1) is 14.5. The molecule has 0 aromatic rings. The molecule has 1 N–H and O–H groups in total. The van der Waals surface area contributed by atoms with E-state index in [1.54, 1.807) is 0 Å². The van der Waals surface area contributed by atoms with E-state index in [9.17, 15) is 4.79 Å². The summed E-state index contributed by atoms with van der Waals surface area (Å²) in [6.45, 7) is 9.96. The molecule has 100 valence electrons. The fraction of sp³-hybridized carbons (Fsp3) is 0.929. The summed E-state index contributed by atoms with van der Waals surface area (Å²) in [4.78, 5) is 13.2. The van der Waals surface area contributed by atoms with E-state index in [-0.39, 0.29) is 6.54 Å². The summed E-state index contributed by atoms with van der Waals surface area (Å²) in [6, 6.07) is 0.456. The molecule has 0 heterocycles. The number of carbonyl (C=O) groups is 1. The Morgan fingerprint density at radius 1 is 1.35 bits per heavy atom. The molecule has 1 fully saturated rings. The highest BCUT2D eigenvalue weighted by atomic mass is 16.4. The Hall–Kier alpha value is -0.570. The van der Waals surface area contributed by atoms with E-state index in [0.29, 0.717) is 17.9 Å². The molecule has 0 aromatic carbocycles. The van der Waals surface area contributed by atoms with E-state index in [1.165, 1.54) is 12.8 Å². The third-order valence-corrected chi connectivity index (χ3v) is 3.82. The van der Waals surface area contributed by atoms with Crippen molar-refractivity contribution in [1.29, 1.82) is 0 Å². The minimum atomic E-state index is -0.698. The summed E-state index contributed by atoms with van der Waals surface area (Å²) in [6.07, 6.45) is 3.68. The Kier molecular flexibility index (Phi) is 5.44. The lowest BCUT2D eigenvalue weighted by Crippen LogP contribution is -2.47. The topological polar surface area (TPSA) is 40.5 Å². The van der Waals surface area contributed by atoms with Gasteiger partial charge in [0.1, 0.15) is 0 Å². The van der Waals surface area contributed by atoms with Crippen LogP contribution in [0.3, 0.4) is 0 Å². The van der Waals surface area contributed by atoms with Gasteiger partial charge in [0.25, 0.3) is 0 Å². The van der Waals surface area contributed by atoms with Crippen LogP contribution >= 0.6 is 0 Å². The van der Waals surface area contributed by atoms with Gasteiger partial charge in [-0.2, -0.15) is 0 Å². The number of rotatable bonds is 5. The van der Waals surface area contributed by atoms with Crippen LogP contribution in [0.1, 0.15) is 47.0 Å². The molecule has 1 aliphatic rings. The summed E-state index contributed by atoms with van der Waals surface area (Å²) in [5, 5.41) is 9.04. The first-order valence-electron chi connectivity index (χ1n) is 6.86. The van der Waals surface area contributed by atoms with Crippen LogP contribution in [-0.2, 0) is 4.79 Å². The van der Waals surface area contributed by atoms with Gasteiger partial charge >= 0.3 is 5.97 Å². The highest BCUT2D eigenvalue weighted by molar-refractivity contribution is 5.69. The van der Waals surface area contributed by atoms with Crippen molar-refractivity contribution in [2.24, 2.45) is 17.8 Å².